The number of hydrogen-bond acceptors (Lipinski definition) is 5. The second kappa shape index (κ2) is 9.97. The van der Waals surface area contributed by atoms with Crippen molar-refractivity contribution in [1.29, 1.82) is 0 Å². The predicted octanol–water partition coefficient (Wildman–Crippen LogP) is 3.53. The Hall–Kier alpha value is -2.54. The number of nitrogens with zero attached hydrogens (tertiary/aromatic N) is 2. The van der Waals surface area contributed by atoms with E-state index in [-0.39, 0.29) is 25.0 Å². The topological polar surface area (TPSA) is 84.7 Å². The summed E-state index contributed by atoms with van der Waals surface area (Å²) in [7, 11) is 0. The van der Waals surface area contributed by atoms with Crippen LogP contribution in [0, 0.1) is 12.8 Å². The van der Waals surface area contributed by atoms with Crippen LogP contribution in [0.5, 0.6) is 5.75 Å². The minimum atomic E-state index is -0.341. The van der Waals surface area contributed by atoms with E-state index in [1.54, 1.807) is 37.3 Å². The molecule has 1 N–H and O–H groups in total. The zero-order valence-electron chi connectivity index (χ0n) is 15.7. The van der Waals surface area contributed by atoms with Crippen LogP contribution in [0.4, 0.5) is 5.82 Å². The molecule has 2 amide bonds. The second-order valence-electron chi connectivity index (χ2n) is 6.61. The lowest BCUT2D eigenvalue weighted by Crippen LogP contribution is -2.41. The van der Waals surface area contributed by atoms with Gasteiger partial charge in [-0.1, -0.05) is 30.6 Å². The molecule has 146 valence electrons. The van der Waals surface area contributed by atoms with Crippen LogP contribution in [0.15, 0.2) is 34.9 Å². The molecule has 0 atom stereocenters. The maximum Gasteiger partial charge on any atom is 0.260 e. The standard InChI is InChI=1S/C19H24ClN3O4/c1-13(2)8-9-23(11-18(24)21-17-10-14(3)27-22-17)19(25)12-26-16-6-4-15(20)5-7-16/h4-7,10,13H,8-9,11-12H2,1-3H3,(H,21,22,24). The van der Waals surface area contributed by atoms with Crippen molar-refractivity contribution in [3.05, 3.63) is 41.1 Å². The number of halogens is 1. The van der Waals surface area contributed by atoms with E-state index in [1.165, 1.54) is 4.90 Å². The molecular weight excluding hydrogens is 370 g/mol. The maximum absolute atomic E-state index is 12.5. The number of hydrogen-bond donors (Lipinski definition) is 1. The van der Waals surface area contributed by atoms with Gasteiger partial charge in [-0.05, 0) is 43.5 Å². The summed E-state index contributed by atoms with van der Waals surface area (Å²) < 4.78 is 10.4. The van der Waals surface area contributed by atoms with Crippen LogP contribution in [0.25, 0.3) is 0 Å². The predicted molar refractivity (Wildman–Crippen MR) is 103 cm³/mol. The Morgan fingerprint density at radius 1 is 1.30 bits per heavy atom. The molecule has 0 aliphatic rings. The molecule has 1 aromatic heterocycles. The van der Waals surface area contributed by atoms with E-state index in [2.05, 4.69) is 24.3 Å². The molecule has 0 fully saturated rings. The number of aromatic nitrogens is 1. The molecule has 0 bridgehead atoms. The number of ether oxygens (including phenoxy) is 1. The molecule has 2 rings (SSSR count). The van der Waals surface area contributed by atoms with Gasteiger partial charge in [0.25, 0.3) is 5.91 Å². The highest BCUT2D eigenvalue weighted by atomic mass is 35.5. The molecular formula is C19H24ClN3O4. The molecule has 8 heteroatoms. The number of anilines is 1. The lowest BCUT2D eigenvalue weighted by atomic mass is 10.1. The van der Waals surface area contributed by atoms with Crippen LogP contribution < -0.4 is 10.1 Å². The first-order chi connectivity index (χ1) is 12.8. The molecule has 7 nitrogen and oxygen atoms in total. The SMILES string of the molecule is Cc1cc(NC(=O)CN(CCC(C)C)C(=O)COc2ccc(Cl)cc2)no1. The zero-order valence-corrected chi connectivity index (χ0v) is 16.5. The summed E-state index contributed by atoms with van der Waals surface area (Å²) in [4.78, 5) is 26.3. The minimum Gasteiger partial charge on any atom is -0.484 e. The average Bonchev–Trinajstić information content (AvgIpc) is 3.02. The highest BCUT2D eigenvalue weighted by Gasteiger charge is 2.19. The summed E-state index contributed by atoms with van der Waals surface area (Å²) in [6.07, 6.45) is 0.781. The van der Waals surface area contributed by atoms with Crippen LogP contribution in [0.3, 0.4) is 0 Å². The van der Waals surface area contributed by atoms with E-state index in [9.17, 15) is 9.59 Å². The smallest absolute Gasteiger partial charge is 0.260 e. The van der Waals surface area contributed by atoms with E-state index in [0.29, 0.717) is 34.8 Å². The third-order valence-corrected chi connectivity index (χ3v) is 3.99. The van der Waals surface area contributed by atoms with E-state index >= 15 is 0 Å². The van der Waals surface area contributed by atoms with Crippen molar-refractivity contribution in [3.63, 3.8) is 0 Å². The van der Waals surface area contributed by atoms with Gasteiger partial charge >= 0.3 is 0 Å². The average molecular weight is 394 g/mol. The van der Waals surface area contributed by atoms with E-state index < -0.39 is 0 Å². The van der Waals surface area contributed by atoms with E-state index in [0.717, 1.165) is 6.42 Å². The van der Waals surface area contributed by atoms with Crippen molar-refractivity contribution in [2.24, 2.45) is 5.92 Å². The number of amides is 2. The Labute approximate surface area is 163 Å². The summed E-state index contributed by atoms with van der Waals surface area (Å²) in [5.74, 6) is 1.25. The normalized spacial score (nSPS) is 10.7. The van der Waals surface area contributed by atoms with Gasteiger partial charge in [-0.3, -0.25) is 9.59 Å². The Morgan fingerprint density at radius 2 is 2.00 bits per heavy atom. The summed E-state index contributed by atoms with van der Waals surface area (Å²) in [5.41, 5.74) is 0. The molecule has 0 radical (unpaired) electrons. The molecule has 1 aromatic carbocycles. The number of carbonyl (C=O) groups excluding carboxylic acids is 2. The fourth-order valence-corrected chi connectivity index (χ4v) is 2.38. The quantitative estimate of drug-likeness (QED) is 0.704. The van der Waals surface area contributed by atoms with Crippen LogP contribution >= 0.6 is 11.6 Å². The van der Waals surface area contributed by atoms with Gasteiger partial charge in [0.05, 0.1) is 0 Å². The molecule has 2 aromatic rings. The lowest BCUT2D eigenvalue weighted by Gasteiger charge is -2.23. The van der Waals surface area contributed by atoms with Crippen molar-refractivity contribution in [2.45, 2.75) is 27.2 Å². The van der Waals surface area contributed by atoms with Gasteiger partial charge in [-0.2, -0.15) is 0 Å². The van der Waals surface area contributed by atoms with E-state index in [1.807, 2.05) is 0 Å². The van der Waals surface area contributed by atoms with Crippen LogP contribution in [-0.4, -0.2) is 41.6 Å². The fraction of sp³-hybridized carbons (Fsp3) is 0.421. The summed E-state index contributed by atoms with van der Waals surface area (Å²) in [5, 5.41) is 6.93. The van der Waals surface area contributed by atoms with Crippen molar-refractivity contribution >= 4 is 29.2 Å². The monoisotopic (exact) mass is 393 g/mol. The Balaban J connectivity index is 1.93. The Bertz CT molecular complexity index is 759. The highest BCUT2D eigenvalue weighted by molar-refractivity contribution is 6.30. The molecule has 0 saturated heterocycles. The van der Waals surface area contributed by atoms with Crippen molar-refractivity contribution in [2.75, 3.05) is 25.0 Å². The van der Waals surface area contributed by atoms with E-state index in [4.69, 9.17) is 20.9 Å². The molecule has 0 spiro atoms. The van der Waals surface area contributed by atoms with Crippen LogP contribution in [0.1, 0.15) is 26.0 Å². The number of benzene rings is 1. The maximum atomic E-state index is 12.5. The Kier molecular flexibility index (Phi) is 7.67. The number of aryl methyl sites for hydroxylation is 1. The molecule has 27 heavy (non-hydrogen) atoms. The third kappa shape index (κ3) is 7.30. The molecule has 0 saturated carbocycles. The van der Waals surface area contributed by atoms with Crippen molar-refractivity contribution in [3.8, 4) is 5.75 Å². The molecule has 1 heterocycles. The number of carbonyl (C=O) groups is 2. The van der Waals surface area contributed by atoms with Gasteiger partial charge in [-0.25, -0.2) is 0 Å². The van der Waals surface area contributed by atoms with Crippen molar-refractivity contribution in [1.82, 2.24) is 10.1 Å². The third-order valence-electron chi connectivity index (χ3n) is 3.73. The first-order valence-corrected chi connectivity index (χ1v) is 9.10. The van der Waals surface area contributed by atoms with Gasteiger partial charge in [0.2, 0.25) is 5.91 Å². The van der Waals surface area contributed by atoms with Gasteiger partial charge in [0, 0.05) is 17.6 Å². The van der Waals surface area contributed by atoms with Crippen LogP contribution in [-0.2, 0) is 9.59 Å². The summed E-state index contributed by atoms with van der Waals surface area (Å²) in [6.45, 7) is 6.08. The molecule has 0 aliphatic carbocycles. The second-order valence-corrected chi connectivity index (χ2v) is 7.05. The lowest BCUT2D eigenvalue weighted by molar-refractivity contribution is -0.136. The van der Waals surface area contributed by atoms with Gasteiger partial charge < -0.3 is 19.5 Å². The van der Waals surface area contributed by atoms with Gasteiger partial charge in [0.15, 0.2) is 12.4 Å². The summed E-state index contributed by atoms with van der Waals surface area (Å²) in [6, 6.07) is 8.36. The number of nitrogens with one attached hydrogen (secondary N) is 1. The zero-order chi connectivity index (χ0) is 19.8. The van der Waals surface area contributed by atoms with Gasteiger partial charge in [-0.15, -0.1) is 0 Å². The minimum absolute atomic E-state index is 0.0819. The van der Waals surface area contributed by atoms with Gasteiger partial charge in [0.1, 0.15) is 18.1 Å². The first-order valence-electron chi connectivity index (χ1n) is 8.73. The van der Waals surface area contributed by atoms with Crippen molar-refractivity contribution < 1.29 is 18.8 Å². The largest absolute Gasteiger partial charge is 0.484 e. The highest BCUT2D eigenvalue weighted by Crippen LogP contribution is 2.15. The summed E-state index contributed by atoms with van der Waals surface area (Å²) >= 11 is 5.83. The molecule has 0 aliphatic heterocycles. The fourth-order valence-electron chi connectivity index (χ4n) is 2.25. The number of rotatable bonds is 9. The van der Waals surface area contributed by atoms with Crippen LogP contribution in [0.2, 0.25) is 5.02 Å². The first kappa shape index (κ1) is 20.8. The Morgan fingerprint density at radius 3 is 2.59 bits per heavy atom. The molecule has 0 unspecified atom stereocenters.